The Morgan fingerprint density at radius 1 is 1.30 bits per heavy atom. The number of anilines is 2. The van der Waals surface area contributed by atoms with Gasteiger partial charge in [0.1, 0.15) is 0 Å². The second kappa shape index (κ2) is 5.41. The van der Waals surface area contributed by atoms with Crippen molar-refractivity contribution in [2.45, 2.75) is 13.0 Å². The van der Waals surface area contributed by atoms with Gasteiger partial charge >= 0.3 is 0 Å². The third-order valence-electron chi connectivity index (χ3n) is 3.57. The number of fused-ring (bicyclic) bond motifs is 1. The summed E-state index contributed by atoms with van der Waals surface area (Å²) in [5, 5.41) is 6.65. The van der Waals surface area contributed by atoms with E-state index in [1.807, 2.05) is 6.07 Å². The molecular formula is C16H17FN2O. The monoisotopic (exact) mass is 272 g/mol. The van der Waals surface area contributed by atoms with Crippen LogP contribution in [0.15, 0.2) is 36.4 Å². The van der Waals surface area contributed by atoms with Crippen LogP contribution >= 0.6 is 0 Å². The second-order valence-corrected chi connectivity index (χ2v) is 4.83. The lowest BCUT2D eigenvalue weighted by Crippen LogP contribution is -2.03. The summed E-state index contributed by atoms with van der Waals surface area (Å²) in [7, 11) is 1.46. The molecular weight excluding hydrogens is 255 g/mol. The normalized spacial score (nSPS) is 12.7. The first-order chi connectivity index (χ1) is 9.78. The molecule has 1 heterocycles. The average molecular weight is 272 g/mol. The molecule has 0 saturated carbocycles. The Kier molecular flexibility index (Phi) is 3.46. The van der Waals surface area contributed by atoms with Crippen molar-refractivity contribution in [1.29, 1.82) is 0 Å². The highest BCUT2D eigenvalue weighted by atomic mass is 19.1. The Morgan fingerprint density at radius 3 is 3.00 bits per heavy atom. The lowest BCUT2D eigenvalue weighted by atomic mass is 10.1. The first-order valence-corrected chi connectivity index (χ1v) is 6.70. The molecule has 104 valence electrons. The van der Waals surface area contributed by atoms with Crippen LogP contribution in [-0.4, -0.2) is 13.7 Å². The van der Waals surface area contributed by atoms with Gasteiger partial charge in [-0.05, 0) is 29.7 Å². The number of methoxy groups -OCH3 is 1. The van der Waals surface area contributed by atoms with Gasteiger partial charge in [0.05, 0.1) is 7.11 Å². The number of para-hydroxylation sites is 1. The molecule has 0 fully saturated rings. The Balaban J connectivity index is 1.74. The molecule has 1 aliphatic rings. The topological polar surface area (TPSA) is 33.3 Å². The molecule has 0 amide bonds. The largest absolute Gasteiger partial charge is 0.494 e. The van der Waals surface area contributed by atoms with E-state index in [-0.39, 0.29) is 11.6 Å². The van der Waals surface area contributed by atoms with Crippen molar-refractivity contribution in [2.24, 2.45) is 0 Å². The molecule has 0 radical (unpaired) electrons. The summed E-state index contributed by atoms with van der Waals surface area (Å²) in [6.07, 6.45) is 1.07. The maximum absolute atomic E-state index is 13.6. The van der Waals surface area contributed by atoms with Crippen molar-refractivity contribution >= 4 is 11.4 Å². The number of hydrogen-bond acceptors (Lipinski definition) is 3. The zero-order valence-corrected chi connectivity index (χ0v) is 11.4. The van der Waals surface area contributed by atoms with Crippen LogP contribution in [0.1, 0.15) is 11.1 Å². The van der Waals surface area contributed by atoms with Crippen molar-refractivity contribution in [2.75, 3.05) is 24.3 Å². The number of halogens is 1. The summed E-state index contributed by atoms with van der Waals surface area (Å²) < 4.78 is 18.5. The maximum atomic E-state index is 13.6. The molecule has 0 spiro atoms. The number of hydrogen-bond donors (Lipinski definition) is 2. The standard InChI is InChI=1S/C16H17FN2O/c1-20-15-6-5-13(9-14(15)17)19-10-12-4-2-3-11-7-8-18-16(11)12/h2-6,9,18-19H,7-8,10H2,1H3. The van der Waals surface area contributed by atoms with Gasteiger partial charge in [-0.1, -0.05) is 18.2 Å². The van der Waals surface area contributed by atoms with Gasteiger partial charge in [0.15, 0.2) is 11.6 Å². The van der Waals surface area contributed by atoms with Crippen LogP contribution in [0.25, 0.3) is 0 Å². The number of benzene rings is 2. The van der Waals surface area contributed by atoms with E-state index >= 15 is 0 Å². The molecule has 20 heavy (non-hydrogen) atoms. The number of nitrogens with one attached hydrogen (secondary N) is 2. The van der Waals surface area contributed by atoms with Gasteiger partial charge in [-0.2, -0.15) is 0 Å². The molecule has 2 aromatic rings. The summed E-state index contributed by atoms with van der Waals surface area (Å²) in [5.74, 6) is -0.0910. The van der Waals surface area contributed by atoms with Crippen LogP contribution in [0.2, 0.25) is 0 Å². The quantitative estimate of drug-likeness (QED) is 0.894. The van der Waals surface area contributed by atoms with E-state index in [2.05, 4.69) is 28.8 Å². The second-order valence-electron chi connectivity index (χ2n) is 4.83. The van der Waals surface area contributed by atoms with E-state index in [1.165, 1.54) is 30.0 Å². The Morgan fingerprint density at radius 2 is 2.20 bits per heavy atom. The zero-order valence-electron chi connectivity index (χ0n) is 11.4. The fraction of sp³-hybridized carbons (Fsp3) is 0.250. The highest BCUT2D eigenvalue weighted by molar-refractivity contribution is 5.62. The van der Waals surface area contributed by atoms with Crippen molar-refractivity contribution in [1.82, 2.24) is 0 Å². The molecule has 3 rings (SSSR count). The number of ether oxygens (including phenoxy) is 1. The Bertz CT molecular complexity index is 628. The van der Waals surface area contributed by atoms with Gasteiger partial charge < -0.3 is 15.4 Å². The minimum Gasteiger partial charge on any atom is -0.494 e. The molecule has 0 aromatic heterocycles. The van der Waals surface area contributed by atoms with E-state index in [4.69, 9.17) is 4.74 Å². The summed E-state index contributed by atoms with van der Waals surface area (Å²) >= 11 is 0. The van der Waals surface area contributed by atoms with Crippen molar-refractivity contribution in [3.05, 3.63) is 53.3 Å². The minimum absolute atomic E-state index is 0.262. The summed E-state index contributed by atoms with van der Waals surface area (Å²) in [6.45, 7) is 1.66. The summed E-state index contributed by atoms with van der Waals surface area (Å²) in [6, 6.07) is 11.2. The molecule has 0 unspecified atom stereocenters. The summed E-state index contributed by atoms with van der Waals surface area (Å²) in [4.78, 5) is 0. The van der Waals surface area contributed by atoms with Crippen molar-refractivity contribution < 1.29 is 9.13 Å². The molecule has 1 aliphatic heterocycles. The van der Waals surface area contributed by atoms with Crippen molar-refractivity contribution in [3.8, 4) is 5.75 Å². The van der Waals surface area contributed by atoms with E-state index in [9.17, 15) is 4.39 Å². The molecule has 4 heteroatoms. The van der Waals surface area contributed by atoms with E-state index < -0.39 is 0 Å². The predicted octanol–water partition coefficient (Wildman–Crippen LogP) is 3.41. The van der Waals surface area contributed by atoms with Crippen LogP contribution in [0.5, 0.6) is 5.75 Å². The minimum atomic E-state index is -0.353. The molecule has 2 aromatic carbocycles. The van der Waals surface area contributed by atoms with E-state index in [0.29, 0.717) is 6.54 Å². The Hall–Kier alpha value is -2.23. The van der Waals surface area contributed by atoms with Gasteiger partial charge in [-0.25, -0.2) is 4.39 Å². The average Bonchev–Trinajstić information content (AvgIpc) is 2.94. The van der Waals surface area contributed by atoms with Crippen LogP contribution < -0.4 is 15.4 Å². The SMILES string of the molecule is COc1ccc(NCc2cccc3c2NCC3)cc1F. The lowest BCUT2D eigenvalue weighted by Gasteiger charge is -2.12. The van der Waals surface area contributed by atoms with E-state index in [0.717, 1.165) is 18.7 Å². The van der Waals surface area contributed by atoms with Crippen LogP contribution in [0.3, 0.4) is 0 Å². The van der Waals surface area contributed by atoms with Gasteiger partial charge in [0.2, 0.25) is 0 Å². The smallest absolute Gasteiger partial charge is 0.167 e. The molecule has 0 bridgehead atoms. The van der Waals surface area contributed by atoms with Gasteiger partial charge in [0, 0.05) is 30.5 Å². The van der Waals surface area contributed by atoms with Crippen molar-refractivity contribution in [3.63, 3.8) is 0 Å². The molecule has 3 nitrogen and oxygen atoms in total. The third kappa shape index (κ3) is 2.41. The molecule has 0 atom stereocenters. The third-order valence-corrected chi connectivity index (χ3v) is 3.57. The highest BCUT2D eigenvalue weighted by Gasteiger charge is 2.13. The fourth-order valence-electron chi connectivity index (χ4n) is 2.53. The number of rotatable bonds is 4. The Labute approximate surface area is 117 Å². The highest BCUT2D eigenvalue weighted by Crippen LogP contribution is 2.27. The first kappa shape index (κ1) is 12.8. The lowest BCUT2D eigenvalue weighted by molar-refractivity contribution is 0.386. The van der Waals surface area contributed by atoms with Crippen LogP contribution in [0, 0.1) is 5.82 Å². The summed E-state index contributed by atoms with van der Waals surface area (Å²) in [5.41, 5.74) is 4.52. The van der Waals surface area contributed by atoms with Crippen LogP contribution in [0.4, 0.5) is 15.8 Å². The first-order valence-electron chi connectivity index (χ1n) is 6.70. The maximum Gasteiger partial charge on any atom is 0.167 e. The zero-order chi connectivity index (χ0) is 13.9. The van der Waals surface area contributed by atoms with Gasteiger partial charge in [-0.15, -0.1) is 0 Å². The molecule has 2 N–H and O–H groups in total. The molecule has 0 aliphatic carbocycles. The van der Waals surface area contributed by atoms with Gasteiger partial charge in [0.25, 0.3) is 0 Å². The molecule has 0 saturated heterocycles. The fourth-order valence-corrected chi connectivity index (χ4v) is 2.53. The van der Waals surface area contributed by atoms with E-state index in [1.54, 1.807) is 6.07 Å². The van der Waals surface area contributed by atoms with Crippen LogP contribution in [-0.2, 0) is 13.0 Å². The van der Waals surface area contributed by atoms with Gasteiger partial charge in [-0.3, -0.25) is 0 Å². The predicted molar refractivity (Wildman–Crippen MR) is 78.9 cm³/mol.